The minimum absolute atomic E-state index is 0.0572. The van der Waals surface area contributed by atoms with Crippen molar-refractivity contribution >= 4 is 5.97 Å². The van der Waals surface area contributed by atoms with Crippen molar-refractivity contribution in [3.63, 3.8) is 0 Å². The van der Waals surface area contributed by atoms with Gasteiger partial charge in [0.2, 0.25) is 0 Å². The molecule has 0 radical (unpaired) electrons. The lowest BCUT2D eigenvalue weighted by molar-refractivity contribution is -0.146. The number of carbonyl (C=O) groups excluding carboxylic acids is 1. The maximum atomic E-state index is 11.6. The Morgan fingerprint density at radius 1 is 1.32 bits per heavy atom. The molecule has 0 N–H and O–H groups in total. The molecular weight excluding hydrogens is 238 g/mol. The lowest BCUT2D eigenvalue weighted by atomic mass is 9.99. The molecule has 3 nitrogen and oxygen atoms in total. The number of hydrogen-bond donors (Lipinski definition) is 0. The molecule has 1 saturated heterocycles. The molecule has 1 fully saturated rings. The normalized spacial score (nSPS) is 23.5. The first kappa shape index (κ1) is 14.1. The highest BCUT2D eigenvalue weighted by molar-refractivity contribution is 5.73. The number of ether oxygens (including phenoxy) is 1. The van der Waals surface area contributed by atoms with E-state index in [4.69, 9.17) is 4.74 Å². The fraction of sp³-hybridized carbons (Fsp3) is 0.562. The van der Waals surface area contributed by atoms with Crippen molar-refractivity contribution < 1.29 is 9.53 Å². The Morgan fingerprint density at radius 2 is 2.05 bits per heavy atom. The highest BCUT2D eigenvalue weighted by Crippen LogP contribution is 2.24. The van der Waals surface area contributed by atoms with E-state index in [2.05, 4.69) is 36.1 Å². The summed E-state index contributed by atoms with van der Waals surface area (Å²) in [5.74, 6) is 0.406. The fourth-order valence-corrected chi connectivity index (χ4v) is 2.86. The van der Waals surface area contributed by atoms with Crippen molar-refractivity contribution in [3.05, 3.63) is 35.9 Å². The molecule has 0 amide bonds. The van der Waals surface area contributed by atoms with Crippen LogP contribution in [0.2, 0.25) is 0 Å². The molecule has 0 saturated carbocycles. The van der Waals surface area contributed by atoms with Crippen molar-refractivity contribution in [1.82, 2.24) is 4.90 Å². The minimum atomic E-state index is -0.0574. The molecule has 1 heterocycles. The van der Waals surface area contributed by atoms with Gasteiger partial charge in [-0.15, -0.1) is 0 Å². The van der Waals surface area contributed by atoms with Crippen molar-refractivity contribution in [2.75, 3.05) is 26.7 Å². The second-order valence-corrected chi connectivity index (χ2v) is 5.46. The van der Waals surface area contributed by atoms with Gasteiger partial charge in [-0.05, 0) is 30.9 Å². The van der Waals surface area contributed by atoms with Crippen LogP contribution in [0.3, 0.4) is 0 Å². The number of hydrogen-bond acceptors (Lipinski definition) is 3. The van der Waals surface area contributed by atoms with E-state index in [9.17, 15) is 4.79 Å². The second kappa shape index (κ2) is 6.71. The van der Waals surface area contributed by atoms with E-state index in [0.717, 1.165) is 32.5 Å². The summed E-state index contributed by atoms with van der Waals surface area (Å²) in [6.07, 6.45) is 2.25. The molecule has 2 atom stereocenters. The number of benzene rings is 1. The molecule has 0 aliphatic carbocycles. The van der Waals surface area contributed by atoms with Gasteiger partial charge in [0.1, 0.15) is 0 Å². The van der Waals surface area contributed by atoms with E-state index in [0.29, 0.717) is 5.92 Å². The summed E-state index contributed by atoms with van der Waals surface area (Å²) in [4.78, 5) is 14.0. The van der Waals surface area contributed by atoms with E-state index in [1.165, 1.54) is 12.7 Å². The zero-order valence-corrected chi connectivity index (χ0v) is 11.8. The third-order valence-electron chi connectivity index (χ3n) is 3.97. The van der Waals surface area contributed by atoms with Gasteiger partial charge in [-0.1, -0.05) is 37.3 Å². The van der Waals surface area contributed by atoms with E-state index < -0.39 is 0 Å². The van der Waals surface area contributed by atoms with Gasteiger partial charge in [0, 0.05) is 13.1 Å². The first-order valence-corrected chi connectivity index (χ1v) is 7.05. The largest absolute Gasteiger partial charge is 0.469 e. The molecule has 1 aromatic rings. The summed E-state index contributed by atoms with van der Waals surface area (Å²) in [5.41, 5.74) is 1.39. The zero-order chi connectivity index (χ0) is 13.7. The van der Waals surface area contributed by atoms with Gasteiger partial charge in [0.05, 0.1) is 13.0 Å². The first-order valence-electron chi connectivity index (χ1n) is 7.05. The Kier molecular flexibility index (Phi) is 4.97. The van der Waals surface area contributed by atoms with Gasteiger partial charge < -0.3 is 9.64 Å². The standard InChI is InChI=1S/C16H23NO2/c1-13-11-17(12-15(13)16(18)19-2)10-6-9-14-7-4-3-5-8-14/h3-5,7-8,13,15H,6,9-12H2,1-2H3. The Labute approximate surface area is 115 Å². The highest BCUT2D eigenvalue weighted by Gasteiger charge is 2.34. The summed E-state index contributed by atoms with van der Waals surface area (Å²) in [6, 6.07) is 10.6. The van der Waals surface area contributed by atoms with Crippen LogP contribution in [0.25, 0.3) is 0 Å². The van der Waals surface area contributed by atoms with E-state index in [-0.39, 0.29) is 11.9 Å². The van der Waals surface area contributed by atoms with E-state index in [1.54, 1.807) is 0 Å². The van der Waals surface area contributed by atoms with Crippen LogP contribution in [-0.4, -0.2) is 37.6 Å². The maximum Gasteiger partial charge on any atom is 0.310 e. The van der Waals surface area contributed by atoms with Crippen molar-refractivity contribution in [3.8, 4) is 0 Å². The number of esters is 1. The van der Waals surface area contributed by atoms with Crippen LogP contribution < -0.4 is 0 Å². The highest BCUT2D eigenvalue weighted by atomic mass is 16.5. The second-order valence-electron chi connectivity index (χ2n) is 5.46. The number of carbonyl (C=O) groups is 1. The van der Waals surface area contributed by atoms with Crippen molar-refractivity contribution in [2.24, 2.45) is 11.8 Å². The fourth-order valence-electron chi connectivity index (χ4n) is 2.86. The molecule has 2 unspecified atom stereocenters. The quantitative estimate of drug-likeness (QED) is 0.762. The van der Waals surface area contributed by atoms with Gasteiger partial charge in [-0.2, -0.15) is 0 Å². The average molecular weight is 261 g/mol. The van der Waals surface area contributed by atoms with E-state index >= 15 is 0 Å². The van der Waals surface area contributed by atoms with E-state index in [1.807, 2.05) is 6.07 Å². The zero-order valence-electron chi connectivity index (χ0n) is 11.8. The van der Waals surface area contributed by atoms with Crippen LogP contribution in [-0.2, 0) is 16.0 Å². The SMILES string of the molecule is COC(=O)C1CN(CCCc2ccccc2)CC1C. The molecule has 2 rings (SSSR count). The maximum absolute atomic E-state index is 11.6. The number of methoxy groups -OCH3 is 1. The van der Waals surface area contributed by atoms with Crippen LogP contribution in [0.5, 0.6) is 0 Å². The molecule has 0 aromatic heterocycles. The summed E-state index contributed by atoms with van der Waals surface area (Å²) < 4.78 is 4.86. The number of rotatable bonds is 5. The topological polar surface area (TPSA) is 29.5 Å². The van der Waals surface area contributed by atoms with Crippen molar-refractivity contribution in [2.45, 2.75) is 19.8 Å². The van der Waals surface area contributed by atoms with Gasteiger partial charge >= 0.3 is 5.97 Å². The van der Waals surface area contributed by atoms with Gasteiger partial charge in [0.15, 0.2) is 0 Å². The van der Waals surface area contributed by atoms with Gasteiger partial charge in [-0.25, -0.2) is 0 Å². The monoisotopic (exact) mass is 261 g/mol. The van der Waals surface area contributed by atoms with Crippen LogP contribution >= 0.6 is 0 Å². The van der Waals surface area contributed by atoms with Crippen LogP contribution in [0.4, 0.5) is 0 Å². The molecule has 1 aliphatic heterocycles. The van der Waals surface area contributed by atoms with Crippen LogP contribution in [0.1, 0.15) is 18.9 Å². The molecule has 0 spiro atoms. The molecule has 0 bridgehead atoms. The van der Waals surface area contributed by atoms with Crippen LogP contribution in [0.15, 0.2) is 30.3 Å². The first-order chi connectivity index (χ1) is 9.20. The Balaban J connectivity index is 1.74. The molecule has 1 aromatic carbocycles. The summed E-state index contributed by atoms with van der Waals surface area (Å²) in [7, 11) is 1.48. The molecule has 3 heteroatoms. The Morgan fingerprint density at radius 3 is 2.74 bits per heavy atom. The third kappa shape index (κ3) is 3.80. The predicted octanol–water partition coefficient (Wildman–Crippen LogP) is 2.36. The molecule has 19 heavy (non-hydrogen) atoms. The van der Waals surface area contributed by atoms with Gasteiger partial charge in [0.25, 0.3) is 0 Å². The smallest absolute Gasteiger partial charge is 0.310 e. The summed E-state index contributed by atoms with van der Waals surface area (Å²) >= 11 is 0. The summed E-state index contributed by atoms with van der Waals surface area (Å²) in [5, 5.41) is 0. The molecular formula is C16H23NO2. The number of nitrogens with zero attached hydrogens (tertiary/aromatic N) is 1. The number of likely N-dealkylation sites (tertiary alicyclic amines) is 1. The minimum Gasteiger partial charge on any atom is -0.469 e. The Hall–Kier alpha value is -1.35. The number of aryl methyl sites for hydroxylation is 1. The lowest BCUT2D eigenvalue weighted by Crippen LogP contribution is -2.25. The lowest BCUT2D eigenvalue weighted by Gasteiger charge is -2.15. The average Bonchev–Trinajstić information content (AvgIpc) is 2.80. The molecule has 1 aliphatic rings. The predicted molar refractivity (Wildman–Crippen MR) is 75.9 cm³/mol. The van der Waals surface area contributed by atoms with Crippen LogP contribution in [0, 0.1) is 11.8 Å². The van der Waals surface area contributed by atoms with Crippen molar-refractivity contribution in [1.29, 1.82) is 0 Å². The third-order valence-corrected chi connectivity index (χ3v) is 3.97. The van der Waals surface area contributed by atoms with Gasteiger partial charge in [-0.3, -0.25) is 4.79 Å². The molecule has 104 valence electrons. The summed E-state index contributed by atoms with van der Waals surface area (Å²) in [6.45, 7) is 5.06. The Bertz CT molecular complexity index is 404.